The summed E-state index contributed by atoms with van der Waals surface area (Å²) in [6.07, 6.45) is 1.39. The molecule has 106 valence electrons. The Balaban J connectivity index is 2.30. The maximum Gasteiger partial charge on any atom is 0.337 e. The van der Waals surface area contributed by atoms with Crippen LogP contribution in [0.3, 0.4) is 0 Å². The number of aromatic carboxylic acids is 1. The number of carboxylic acid groups (broad SMARTS) is 1. The molecule has 0 aliphatic heterocycles. The van der Waals surface area contributed by atoms with Crippen LogP contribution in [0, 0.1) is 9.39 Å². The zero-order chi connectivity index (χ0) is 15.1. The molecule has 1 N–H and O–H groups in total. The van der Waals surface area contributed by atoms with Gasteiger partial charge in [-0.2, -0.15) is 0 Å². The lowest BCUT2D eigenvalue weighted by Gasteiger charge is -2.05. The SMILES string of the molecule is O=C(O)c1cc(Cl)c2nnc(-c3ccc(F)cc3I)n2c1. The maximum atomic E-state index is 13.2. The second-order valence-corrected chi connectivity index (χ2v) is 5.79. The highest BCUT2D eigenvalue weighted by atomic mass is 127. The van der Waals surface area contributed by atoms with Crippen LogP contribution in [0.15, 0.2) is 30.5 Å². The van der Waals surface area contributed by atoms with E-state index in [-0.39, 0.29) is 16.4 Å². The normalized spacial score (nSPS) is 11.0. The van der Waals surface area contributed by atoms with Gasteiger partial charge < -0.3 is 5.11 Å². The van der Waals surface area contributed by atoms with Crippen LogP contribution in [-0.4, -0.2) is 25.7 Å². The van der Waals surface area contributed by atoms with Crippen molar-refractivity contribution in [2.24, 2.45) is 0 Å². The van der Waals surface area contributed by atoms with E-state index in [0.29, 0.717) is 20.6 Å². The van der Waals surface area contributed by atoms with E-state index in [9.17, 15) is 9.18 Å². The van der Waals surface area contributed by atoms with Crippen molar-refractivity contribution >= 4 is 45.8 Å². The minimum atomic E-state index is -1.10. The van der Waals surface area contributed by atoms with Gasteiger partial charge in [-0.1, -0.05) is 11.6 Å². The second kappa shape index (κ2) is 5.23. The molecule has 0 fully saturated rings. The maximum absolute atomic E-state index is 13.2. The van der Waals surface area contributed by atoms with Crippen molar-refractivity contribution in [2.45, 2.75) is 0 Å². The van der Waals surface area contributed by atoms with E-state index >= 15 is 0 Å². The molecular formula is C13H6ClFIN3O2. The van der Waals surface area contributed by atoms with E-state index in [1.54, 1.807) is 6.07 Å². The standard InChI is InChI=1S/C13H6ClFIN3O2/c14-9-3-6(13(20)21)5-19-11(17-18-12(9)19)8-2-1-7(15)4-10(8)16/h1-5H,(H,20,21). The number of rotatable bonds is 2. The van der Waals surface area contributed by atoms with E-state index in [2.05, 4.69) is 10.2 Å². The summed E-state index contributed by atoms with van der Waals surface area (Å²) in [7, 11) is 0. The lowest BCUT2D eigenvalue weighted by Crippen LogP contribution is -2.01. The van der Waals surface area contributed by atoms with Crippen molar-refractivity contribution in [3.05, 3.63) is 50.4 Å². The molecule has 0 amide bonds. The molecule has 0 radical (unpaired) electrons. The lowest BCUT2D eigenvalue weighted by atomic mass is 10.2. The number of halogens is 3. The Kier molecular flexibility index (Phi) is 3.54. The average Bonchev–Trinajstić information content (AvgIpc) is 2.83. The zero-order valence-electron chi connectivity index (χ0n) is 10.2. The van der Waals surface area contributed by atoms with Gasteiger partial charge >= 0.3 is 5.97 Å². The zero-order valence-corrected chi connectivity index (χ0v) is 13.1. The fourth-order valence-electron chi connectivity index (χ4n) is 1.93. The van der Waals surface area contributed by atoms with E-state index in [4.69, 9.17) is 16.7 Å². The molecule has 1 aromatic carbocycles. The highest BCUT2D eigenvalue weighted by Crippen LogP contribution is 2.27. The number of benzene rings is 1. The Morgan fingerprint density at radius 1 is 1.33 bits per heavy atom. The van der Waals surface area contributed by atoms with Crippen molar-refractivity contribution < 1.29 is 14.3 Å². The number of fused-ring (bicyclic) bond motifs is 1. The summed E-state index contributed by atoms with van der Waals surface area (Å²) in [6, 6.07) is 5.54. The molecule has 3 rings (SSSR count). The molecule has 3 aromatic rings. The molecule has 0 aliphatic carbocycles. The fraction of sp³-hybridized carbons (Fsp3) is 0. The van der Waals surface area contributed by atoms with E-state index in [1.165, 1.54) is 28.8 Å². The Morgan fingerprint density at radius 2 is 2.10 bits per heavy atom. The van der Waals surface area contributed by atoms with Gasteiger partial charge in [-0.15, -0.1) is 10.2 Å². The number of carbonyl (C=O) groups is 1. The van der Waals surface area contributed by atoms with Gasteiger partial charge in [0.15, 0.2) is 11.5 Å². The number of pyridine rings is 1. The first kappa shape index (κ1) is 14.2. The summed E-state index contributed by atoms with van der Waals surface area (Å²) in [6.45, 7) is 0. The number of carboxylic acids is 1. The minimum Gasteiger partial charge on any atom is -0.478 e. The van der Waals surface area contributed by atoms with Crippen molar-refractivity contribution in [1.82, 2.24) is 14.6 Å². The summed E-state index contributed by atoms with van der Waals surface area (Å²) >= 11 is 8.00. The Morgan fingerprint density at radius 3 is 2.76 bits per heavy atom. The molecule has 21 heavy (non-hydrogen) atoms. The van der Waals surface area contributed by atoms with Crippen LogP contribution in [0.2, 0.25) is 5.02 Å². The summed E-state index contributed by atoms with van der Waals surface area (Å²) in [5.41, 5.74) is 1.01. The highest BCUT2D eigenvalue weighted by molar-refractivity contribution is 14.1. The number of nitrogens with zero attached hydrogens (tertiary/aromatic N) is 3. The second-order valence-electron chi connectivity index (χ2n) is 4.22. The first-order valence-corrected chi connectivity index (χ1v) is 7.16. The fourth-order valence-corrected chi connectivity index (χ4v) is 2.89. The summed E-state index contributed by atoms with van der Waals surface area (Å²) in [5, 5.41) is 17.3. The summed E-state index contributed by atoms with van der Waals surface area (Å²) in [4.78, 5) is 11.1. The van der Waals surface area contributed by atoms with Gasteiger partial charge in [-0.05, 0) is 46.9 Å². The van der Waals surface area contributed by atoms with Crippen LogP contribution in [-0.2, 0) is 0 Å². The first-order valence-electron chi connectivity index (χ1n) is 5.70. The third-order valence-corrected chi connectivity index (χ3v) is 4.05. The van der Waals surface area contributed by atoms with E-state index in [0.717, 1.165) is 0 Å². The third kappa shape index (κ3) is 2.46. The quantitative estimate of drug-likeness (QED) is 0.648. The Bertz CT molecular complexity index is 881. The number of hydrogen-bond donors (Lipinski definition) is 1. The Hall–Kier alpha value is -1.74. The van der Waals surface area contributed by atoms with Gasteiger partial charge in [-0.25, -0.2) is 9.18 Å². The molecule has 0 bridgehead atoms. The molecule has 0 spiro atoms. The third-order valence-electron chi connectivity index (χ3n) is 2.88. The van der Waals surface area contributed by atoms with Gasteiger partial charge in [0, 0.05) is 15.3 Å². The first-order chi connectivity index (χ1) is 9.97. The van der Waals surface area contributed by atoms with Gasteiger partial charge in [0.2, 0.25) is 0 Å². The number of aromatic nitrogens is 3. The summed E-state index contributed by atoms with van der Waals surface area (Å²) in [5.74, 6) is -1.06. The topological polar surface area (TPSA) is 67.5 Å². The van der Waals surface area contributed by atoms with Crippen molar-refractivity contribution in [1.29, 1.82) is 0 Å². The molecule has 5 nitrogen and oxygen atoms in total. The molecule has 0 unspecified atom stereocenters. The van der Waals surface area contributed by atoms with Crippen molar-refractivity contribution in [2.75, 3.05) is 0 Å². The van der Waals surface area contributed by atoms with Crippen molar-refractivity contribution in [3.63, 3.8) is 0 Å². The van der Waals surface area contributed by atoms with Crippen LogP contribution >= 0.6 is 34.2 Å². The molecule has 0 saturated carbocycles. The molecular weight excluding hydrogens is 412 g/mol. The Labute approximate surface area is 136 Å². The largest absolute Gasteiger partial charge is 0.478 e. The predicted octanol–water partition coefficient (Wildman–Crippen LogP) is 3.49. The van der Waals surface area contributed by atoms with E-state index in [1.807, 2.05) is 22.6 Å². The smallest absolute Gasteiger partial charge is 0.337 e. The van der Waals surface area contributed by atoms with E-state index < -0.39 is 5.97 Å². The molecule has 2 heterocycles. The molecule has 0 atom stereocenters. The molecule has 2 aromatic heterocycles. The van der Waals surface area contributed by atoms with Crippen LogP contribution in [0.1, 0.15) is 10.4 Å². The minimum absolute atomic E-state index is 0.0191. The molecule has 0 aliphatic rings. The molecule has 0 saturated heterocycles. The van der Waals surface area contributed by atoms with Crippen molar-refractivity contribution in [3.8, 4) is 11.4 Å². The van der Waals surface area contributed by atoms with Gasteiger partial charge in [0.25, 0.3) is 0 Å². The summed E-state index contributed by atoms with van der Waals surface area (Å²) < 4.78 is 15.3. The van der Waals surface area contributed by atoms with Crippen LogP contribution < -0.4 is 0 Å². The van der Waals surface area contributed by atoms with Gasteiger partial charge in [-0.3, -0.25) is 4.40 Å². The highest BCUT2D eigenvalue weighted by Gasteiger charge is 2.16. The van der Waals surface area contributed by atoms with Gasteiger partial charge in [0.1, 0.15) is 5.82 Å². The van der Waals surface area contributed by atoms with Gasteiger partial charge in [0.05, 0.1) is 10.6 Å². The van der Waals surface area contributed by atoms with Crippen LogP contribution in [0.25, 0.3) is 17.0 Å². The molecule has 8 heteroatoms. The predicted molar refractivity (Wildman–Crippen MR) is 83.1 cm³/mol. The average molecular weight is 418 g/mol. The monoisotopic (exact) mass is 417 g/mol. The van der Waals surface area contributed by atoms with Crippen LogP contribution in [0.5, 0.6) is 0 Å². The lowest BCUT2D eigenvalue weighted by molar-refractivity contribution is 0.0696. The number of hydrogen-bond acceptors (Lipinski definition) is 3. The van der Waals surface area contributed by atoms with Crippen LogP contribution in [0.4, 0.5) is 4.39 Å².